The number of fused-ring (bicyclic) bond motifs is 1. The summed E-state index contributed by atoms with van der Waals surface area (Å²) in [6.45, 7) is 3.83. The van der Waals surface area contributed by atoms with Gasteiger partial charge in [0.2, 0.25) is 6.79 Å². The Morgan fingerprint density at radius 1 is 1.26 bits per heavy atom. The van der Waals surface area contributed by atoms with Crippen LogP contribution < -0.4 is 14.8 Å². The van der Waals surface area contributed by atoms with Crippen LogP contribution in [0.25, 0.3) is 0 Å². The smallest absolute Gasteiger partial charge is 0.270 e. The van der Waals surface area contributed by atoms with Gasteiger partial charge in [0.25, 0.3) is 5.92 Å². The largest absolute Gasteiger partial charge is 0.454 e. The van der Waals surface area contributed by atoms with Crippen molar-refractivity contribution in [1.29, 1.82) is 0 Å². The fourth-order valence-electron chi connectivity index (χ4n) is 2.89. The minimum atomic E-state index is -2.90. The van der Waals surface area contributed by atoms with E-state index in [1.54, 1.807) is 6.07 Å². The summed E-state index contributed by atoms with van der Waals surface area (Å²) in [6.07, 6.45) is 1.83. The summed E-state index contributed by atoms with van der Waals surface area (Å²) in [5.74, 6) is -1.94. The molecule has 2 aliphatic rings. The zero-order valence-corrected chi connectivity index (χ0v) is 11.1. The van der Waals surface area contributed by atoms with Crippen LogP contribution in [0.2, 0.25) is 0 Å². The van der Waals surface area contributed by atoms with E-state index in [1.807, 2.05) is 6.92 Å². The number of hydrogen-bond donors (Lipinski definition) is 1. The van der Waals surface area contributed by atoms with Gasteiger partial charge in [-0.3, -0.25) is 0 Å². The molecule has 1 aromatic carbocycles. The van der Waals surface area contributed by atoms with E-state index >= 15 is 0 Å². The molecule has 0 aliphatic carbocycles. The van der Waals surface area contributed by atoms with Gasteiger partial charge in [-0.2, -0.15) is 0 Å². The van der Waals surface area contributed by atoms with Crippen molar-refractivity contribution in [2.75, 3.05) is 13.3 Å². The molecule has 1 unspecified atom stereocenters. The summed E-state index contributed by atoms with van der Waals surface area (Å²) >= 11 is 0. The van der Waals surface area contributed by atoms with Gasteiger partial charge in [0.1, 0.15) is 0 Å². The normalized spacial score (nSPS) is 25.9. The van der Waals surface area contributed by atoms with Crippen LogP contribution in [0.1, 0.15) is 37.8 Å². The molecule has 5 heteroatoms. The lowest BCUT2D eigenvalue weighted by Gasteiger charge is -2.29. The summed E-state index contributed by atoms with van der Waals surface area (Å²) in [4.78, 5) is 0. The molecule has 1 atom stereocenters. The number of nitrogens with one attached hydrogen (secondary N) is 1. The number of rotatable bonds is 2. The molecule has 2 aliphatic heterocycles. The number of alkyl halides is 2. The Morgan fingerprint density at radius 3 is 2.53 bits per heavy atom. The second kappa shape index (κ2) is 4.07. The molecular formula is C14H17F2NO2. The van der Waals surface area contributed by atoms with Crippen LogP contribution in [0, 0.1) is 0 Å². The topological polar surface area (TPSA) is 30.5 Å². The maximum absolute atomic E-state index is 13.9. The van der Waals surface area contributed by atoms with Gasteiger partial charge in [0.05, 0.1) is 0 Å². The Bertz CT molecular complexity index is 505. The predicted molar refractivity (Wildman–Crippen MR) is 66.7 cm³/mol. The third-order valence-electron chi connectivity index (χ3n) is 3.95. The van der Waals surface area contributed by atoms with Gasteiger partial charge in [-0.15, -0.1) is 0 Å². The van der Waals surface area contributed by atoms with Crippen molar-refractivity contribution in [2.45, 2.75) is 38.2 Å². The van der Waals surface area contributed by atoms with Gasteiger partial charge in [-0.25, -0.2) is 8.78 Å². The van der Waals surface area contributed by atoms with E-state index in [2.05, 4.69) is 5.32 Å². The number of halogens is 2. The number of hydrogen-bond acceptors (Lipinski definition) is 3. The average molecular weight is 269 g/mol. The Morgan fingerprint density at radius 2 is 1.95 bits per heavy atom. The van der Waals surface area contributed by atoms with E-state index in [-0.39, 0.29) is 12.4 Å². The van der Waals surface area contributed by atoms with Crippen molar-refractivity contribution in [2.24, 2.45) is 0 Å². The van der Waals surface area contributed by atoms with Crippen LogP contribution in [0.4, 0.5) is 8.78 Å². The molecule has 0 spiro atoms. The van der Waals surface area contributed by atoms with Gasteiger partial charge >= 0.3 is 0 Å². The van der Waals surface area contributed by atoms with E-state index in [4.69, 9.17) is 9.47 Å². The molecule has 19 heavy (non-hydrogen) atoms. The third-order valence-corrected chi connectivity index (χ3v) is 3.95. The number of benzene rings is 1. The van der Waals surface area contributed by atoms with Crippen molar-refractivity contribution in [1.82, 2.24) is 5.32 Å². The van der Waals surface area contributed by atoms with Gasteiger partial charge in [0, 0.05) is 18.0 Å². The monoisotopic (exact) mass is 269 g/mol. The lowest BCUT2D eigenvalue weighted by Crippen LogP contribution is -2.35. The molecule has 1 aromatic rings. The first-order chi connectivity index (χ1) is 8.90. The molecule has 0 saturated carbocycles. The van der Waals surface area contributed by atoms with Crippen LogP contribution >= 0.6 is 0 Å². The Kier molecular flexibility index (Phi) is 2.71. The molecule has 3 nitrogen and oxygen atoms in total. The molecule has 0 bridgehead atoms. The van der Waals surface area contributed by atoms with Crippen LogP contribution in [0.15, 0.2) is 12.1 Å². The summed E-state index contributed by atoms with van der Waals surface area (Å²) < 4.78 is 38.3. The van der Waals surface area contributed by atoms with Gasteiger partial charge in [-0.1, -0.05) is 0 Å². The first kappa shape index (κ1) is 12.7. The molecule has 104 valence electrons. The van der Waals surface area contributed by atoms with E-state index in [0.29, 0.717) is 17.1 Å². The van der Waals surface area contributed by atoms with E-state index in [1.165, 1.54) is 6.07 Å². The average Bonchev–Trinajstić information content (AvgIpc) is 2.94. The van der Waals surface area contributed by atoms with E-state index in [9.17, 15) is 8.78 Å². The van der Waals surface area contributed by atoms with Gasteiger partial charge in [-0.05, 0) is 44.0 Å². The fraction of sp³-hybridized carbons (Fsp3) is 0.571. The number of ether oxygens (including phenoxy) is 2. The molecule has 1 fully saturated rings. The summed E-state index contributed by atoms with van der Waals surface area (Å²) in [7, 11) is 0. The Hall–Kier alpha value is -1.36. The minimum absolute atomic E-state index is 0.0219. The van der Waals surface area contributed by atoms with E-state index < -0.39 is 11.5 Å². The van der Waals surface area contributed by atoms with Crippen LogP contribution in [0.5, 0.6) is 11.5 Å². The molecule has 2 heterocycles. The first-order valence-corrected chi connectivity index (χ1v) is 6.48. The van der Waals surface area contributed by atoms with Crippen molar-refractivity contribution in [3.63, 3.8) is 0 Å². The molecule has 3 rings (SSSR count). The van der Waals surface area contributed by atoms with Crippen LogP contribution in [0.3, 0.4) is 0 Å². The van der Waals surface area contributed by atoms with Crippen LogP contribution in [-0.2, 0) is 11.5 Å². The molecule has 1 N–H and O–H groups in total. The van der Waals surface area contributed by atoms with Crippen molar-refractivity contribution in [3.8, 4) is 11.5 Å². The predicted octanol–water partition coefficient (Wildman–Crippen LogP) is 3.13. The first-order valence-electron chi connectivity index (χ1n) is 6.48. The molecular weight excluding hydrogens is 252 g/mol. The lowest BCUT2D eigenvalue weighted by atomic mass is 9.84. The zero-order valence-electron chi connectivity index (χ0n) is 11.1. The quantitative estimate of drug-likeness (QED) is 0.894. The molecule has 0 radical (unpaired) electrons. The van der Waals surface area contributed by atoms with E-state index in [0.717, 1.165) is 26.3 Å². The molecule has 0 amide bonds. The summed E-state index contributed by atoms with van der Waals surface area (Å²) in [6, 6.07) is 3.12. The Labute approximate surface area is 110 Å². The fourth-order valence-corrected chi connectivity index (χ4v) is 2.89. The second-order valence-electron chi connectivity index (χ2n) is 5.50. The van der Waals surface area contributed by atoms with Crippen molar-refractivity contribution >= 4 is 0 Å². The summed E-state index contributed by atoms with van der Waals surface area (Å²) in [5.41, 5.74) is 0.214. The highest BCUT2D eigenvalue weighted by molar-refractivity contribution is 5.52. The Balaban J connectivity index is 2.16. The van der Waals surface area contributed by atoms with Crippen LogP contribution in [-0.4, -0.2) is 13.3 Å². The minimum Gasteiger partial charge on any atom is -0.454 e. The highest BCUT2D eigenvalue weighted by Gasteiger charge is 2.39. The molecule has 0 aromatic heterocycles. The summed E-state index contributed by atoms with van der Waals surface area (Å²) in [5, 5.41) is 3.32. The second-order valence-corrected chi connectivity index (χ2v) is 5.50. The highest BCUT2D eigenvalue weighted by atomic mass is 19.3. The van der Waals surface area contributed by atoms with Crippen molar-refractivity contribution in [3.05, 3.63) is 23.3 Å². The third kappa shape index (κ3) is 2.06. The maximum atomic E-state index is 13.9. The van der Waals surface area contributed by atoms with Gasteiger partial charge in [0.15, 0.2) is 11.5 Å². The zero-order chi connectivity index (χ0) is 13.7. The SMILES string of the molecule is CC(F)(F)c1cc2c(cc1C1(C)CCCN1)OCO2. The van der Waals surface area contributed by atoms with Crippen molar-refractivity contribution < 1.29 is 18.3 Å². The standard InChI is InChI=1S/C14H17F2NO2/c1-13(4-3-5-17-13)9-6-11-12(19-8-18-11)7-10(9)14(2,15)16/h6-7,17H,3-5,8H2,1-2H3. The maximum Gasteiger partial charge on any atom is 0.270 e. The molecule has 1 saturated heterocycles. The lowest BCUT2D eigenvalue weighted by molar-refractivity contribution is 0.0150. The van der Waals surface area contributed by atoms with Gasteiger partial charge < -0.3 is 14.8 Å². The highest BCUT2D eigenvalue weighted by Crippen LogP contribution is 2.45.